The van der Waals surface area contributed by atoms with Crippen molar-refractivity contribution in [3.05, 3.63) is 53.1 Å². The number of anilines is 1. The standard InChI is InChI=1S/C17H13F2NO3/c1-9(21)20-14-8-12-10(2-4-15(12)22)6-17(14)23-16-5-3-11(18)7-13(16)19/h3,5-8H,2,4H2,1H3,(H,20,21). The molecule has 2 aromatic carbocycles. The Hall–Kier alpha value is -2.76. The van der Waals surface area contributed by atoms with Gasteiger partial charge in [-0.05, 0) is 36.2 Å². The molecule has 3 rings (SSSR count). The minimum Gasteiger partial charge on any atom is -0.452 e. The third kappa shape index (κ3) is 3.06. The molecule has 0 saturated carbocycles. The summed E-state index contributed by atoms with van der Waals surface area (Å²) in [5.74, 6) is -1.88. The normalized spacial score (nSPS) is 12.9. The number of hydrogen-bond acceptors (Lipinski definition) is 3. The fourth-order valence-corrected chi connectivity index (χ4v) is 2.52. The summed E-state index contributed by atoms with van der Waals surface area (Å²) in [4.78, 5) is 23.1. The molecule has 0 radical (unpaired) electrons. The molecule has 0 aliphatic heterocycles. The van der Waals surface area contributed by atoms with E-state index in [0.29, 0.717) is 24.5 Å². The third-order valence-corrected chi connectivity index (χ3v) is 3.55. The van der Waals surface area contributed by atoms with Crippen LogP contribution in [0.2, 0.25) is 0 Å². The molecule has 23 heavy (non-hydrogen) atoms. The van der Waals surface area contributed by atoms with Crippen LogP contribution < -0.4 is 10.1 Å². The van der Waals surface area contributed by atoms with E-state index in [1.165, 1.54) is 19.1 Å². The number of Topliss-reactive ketones (excluding diaryl/α,β-unsaturated/α-hetero) is 1. The fraction of sp³-hybridized carbons (Fsp3) is 0.176. The van der Waals surface area contributed by atoms with Gasteiger partial charge in [0.25, 0.3) is 0 Å². The summed E-state index contributed by atoms with van der Waals surface area (Å²) >= 11 is 0. The number of amides is 1. The van der Waals surface area contributed by atoms with E-state index < -0.39 is 11.6 Å². The first-order valence-electron chi connectivity index (χ1n) is 7.04. The predicted molar refractivity (Wildman–Crippen MR) is 79.8 cm³/mol. The molecule has 0 heterocycles. The Morgan fingerprint density at radius 2 is 1.91 bits per heavy atom. The SMILES string of the molecule is CC(=O)Nc1cc2c(cc1Oc1ccc(F)cc1F)CCC2=O. The van der Waals surface area contributed by atoms with E-state index in [4.69, 9.17) is 4.74 Å². The number of aryl methyl sites for hydroxylation is 1. The molecule has 1 N–H and O–H groups in total. The molecule has 118 valence electrons. The molecule has 1 aliphatic rings. The smallest absolute Gasteiger partial charge is 0.221 e. The van der Waals surface area contributed by atoms with Crippen LogP contribution >= 0.6 is 0 Å². The van der Waals surface area contributed by atoms with Crippen LogP contribution in [0.3, 0.4) is 0 Å². The van der Waals surface area contributed by atoms with Crippen LogP contribution in [-0.4, -0.2) is 11.7 Å². The Labute approximate surface area is 131 Å². The van der Waals surface area contributed by atoms with Gasteiger partial charge >= 0.3 is 0 Å². The lowest BCUT2D eigenvalue weighted by atomic mass is 10.1. The number of fused-ring (bicyclic) bond motifs is 1. The van der Waals surface area contributed by atoms with Crippen LogP contribution in [0.25, 0.3) is 0 Å². The molecular formula is C17H13F2NO3. The summed E-state index contributed by atoms with van der Waals surface area (Å²) in [6.07, 6.45) is 0.958. The Morgan fingerprint density at radius 1 is 1.13 bits per heavy atom. The second-order valence-corrected chi connectivity index (χ2v) is 5.29. The van der Waals surface area contributed by atoms with Gasteiger partial charge in [0, 0.05) is 25.0 Å². The molecule has 1 amide bonds. The summed E-state index contributed by atoms with van der Waals surface area (Å²) in [5.41, 5.74) is 1.58. The van der Waals surface area contributed by atoms with E-state index >= 15 is 0 Å². The van der Waals surface area contributed by atoms with Gasteiger partial charge in [0.2, 0.25) is 5.91 Å². The van der Waals surface area contributed by atoms with Gasteiger partial charge in [0.05, 0.1) is 5.69 Å². The molecule has 1 aliphatic carbocycles. The van der Waals surface area contributed by atoms with E-state index in [1.807, 2.05) is 0 Å². The third-order valence-electron chi connectivity index (χ3n) is 3.55. The number of carbonyl (C=O) groups is 2. The predicted octanol–water partition coefficient (Wildman–Crippen LogP) is 3.84. The molecule has 2 aromatic rings. The zero-order valence-corrected chi connectivity index (χ0v) is 12.3. The highest BCUT2D eigenvalue weighted by molar-refractivity contribution is 6.03. The average molecular weight is 317 g/mol. The maximum absolute atomic E-state index is 13.8. The van der Waals surface area contributed by atoms with Crippen molar-refractivity contribution in [2.45, 2.75) is 19.8 Å². The van der Waals surface area contributed by atoms with Crippen molar-refractivity contribution in [2.75, 3.05) is 5.32 Å². The topological polar surface area (TPSA) is 55.4 Å². The first-order valence-corrected chi connectivity index (χ1v) is 7.04. The Balaban J connectivity index is 2.03. The van der Waals surface area contributed by atoms with Crippen molar-refractivity contribution < 1.29 is 23.1 Å². The average Bonchev–Trinajstić information content (AvgIpc) is 2.82. The van der Waals surface area contributed by atoms with Crippen molar-refractivity contribution in [1.82, 2.24) is 0 Å². The number of ether oxygens (including phenoxy) is 1. The summed E-state index contributed by atoms with van der Waals surface area (Å²) in [5, 5.41) is 2.56. The van der Waals surface area contributed by atoms with E-state index in [1.54, 1.807) is 6.07 Å². The van der Waals surface area contributed by atoms with Gasteiger partial charge in [-0.25, -0.2) is 8.78 Å². The van der Waals surface area contributed by atoms with Gasteiger partial charge in [-0.3, -0.25) is 9.59 Å². The molecule has 0 aromatic heterocycles. The van der Waals surface area contributed by atoms with Gasteiger partial charge < -0.3 is 10.1 Å². The van der Waals surface area contributed by atoms with Crippen molar-refractivity contribution in [2.24, 2.45) is 0 Å². The van der Waals surface area contributed by atoms with Crippen LogP contribution in [0.4, 0.5) is 14.5 Å². The van der Waals surface area contributed by atoms with Gasteiger partial charge in [0.15, 0.2) is 23.1 Å². The van der Waals surface area contributed by atoms with E-state index in [-0.39, 0.29) is 28.9 Å². The maximum Gasteiger partial charge on any atom is 0.221 e. The highest BCUT2D eigenvalue weighted by Crippen LogP contribution is 2.36. The zero-order chi connectivity index (χ0) is 16.6. The largest absolute Gasteiger partial charge is 0.452 e. The van der Waals surface area contributed by atoms with Gasteiger partial charge in [-0.2, -0.15) is 0 Å². The monoisotopic (exact) mass is 317 g/mol. The second-order valence-electron chi connectivity index (χ2n) is 5.29. The van der Waals surface area contributed by atoms with Crippen LogP contribution in [0.15, 0.2) is 30.3 Å². The molecule has 0 unspecified atom stereocenters. The molecule has 0 saturated heterocycles. The van der Waals surface area contributed by atoms with E-state index in [2.05, 4.69) is 5.32 Å². The van der Waals surface area contributed by atoms with Gasteiger partial charge in [-0.1, -0.05) is 0 Å². The minimum atomic E-state index is -0.852. The lowest BCUT2D eigenvalue weighted by Crippen LogP contribution is -2.08. The maximum atomic E-state index is 13.8. The first-order chi connectivity index (χ1) is 10.9. The van der Waals surface area contributed by atoms with E-state index in [9.17, 15) is 18.4 Å². The number of nitrogens with one attached hydrogen (secondary N) is 1. The molecule has 0 bridgehead atoms. The van der Waals surface area contributed by atoms with E-state index in [0.717, 1.165) is 11.6 Å². The quantitative estimate of drug-likeness (QED) is 0.935. The number of benzene rings is 2. The van der Waals surface area contributed by atoms with Crippen molar-refractivity contribution in [3.8, 4) is 11.5 Å². The molecule has 0 atom stereocenters. The highest BCUT2D eigenvalue weighted by atomic mass is 19.1. The summed E-state index contributed by atoms with van der Waals surface area (Å²) in [6, 6.07) is 6.09. The molecule has 6 heteroatoms. The molecule has 4 nitrogen and oxygen atoms in total. The van der Waals surface area contributed by atoms with Crippen LogP contribution in [-0.2, 0) is 11.2 Å². The second kappa shape index (κ2) is 5.79. The number of halogens is 2. The molecule has 0 spiro atoms. The number of ketones is 1. The van der Waals surface area contributed by atoms with Gasteiger partial charge in [0.1, 0.15) is 5.82 Å². The molecule has 0 fully saturated rings. The highest BCUT2D eigenvalue weighted by Gasteiger charge is 2.23. The first kappa shape index (κ1) is 15.1. The van der Waals surface area contributed by atoms with Gasteiger partial charge in [-0.15, -0.1) is 0 Å². The minimum absolute atomic E-state index is 0.00823. The summed E-state index contributed by atoms with van der Waals surface area (Å²) in [7, 11) is 0. The van der Waals surface area contributed by atoms with Crippen LogP contribution in [0.5, 0.6) is 11.5 Å². The fourth-order valence-electron chi connectivity index (χ4n) is 2.52. The Morgan fingerprint density at radius 3 is 2.61 bits per heavy atom. The van der Waals surface area contributed by atoms with Crippen molar-refractivity contribution >= 4 is 17.4 Å². The summed E-state index contributed by atoms with van der Waals surface area (Å²) < 4.78 is 32.2. The summed E-state index contributed by atoms with van der Waals surface area (Å²) in [6.45, 7) is 1.32. The van der Waals surface area contributed by atoms with Crippen LogP contribution in [0.1, 0.15) is 29.3 Å². The van der Waals surface area contributed by atoms with Crippen molar-refractivity contribution in [3.63, 3.8) is 0 Å². The zero-order valence-electron chi connectivity index (χ0n) is 12.3. The Kier molecular flexibility index (Phi) is 3.82. The number of carbonyl (C=O) groups excluding carboxylic acids is 2. The number of rotatable bonds is 3. The van der Waals surface area contributed by atoms with Crippen molar-refractivity contribution in [1.29, 1.82) is 0 Å². The lowest BCUT2D eigenvalue weighted by molar-refractivity contribution is -0.114. The van der Waals surface area contributed by atoms with Crippen LogP contribution in [0, 0.1) is 11.6 Å². The lowest BCUT2D eigenvalue weighted by Gasteiger charge is -2.14. The number of hydrogen-bond donors (Lipinski definition) is 1. The Bertz CT molecular complexity index is 818. The molecular weight excluding hydrogens is 304 g/mol.